The monoisotopic (exact) mass is 413 g/mol. The van der Waals surface area contributed by atoms with Crippen LogP contribution in [-0.4, -0.2) is 24.4 Å². The average molecular weight is 413 g/mol. The fourth-order valence-electron chi connectivity index (χ4n) is 2.76. The van der Waals surface area contributed by atoms with Crippen molar-refractivity contribution in [1.82, 2.24) is 0 Å². The van der Waals surface area contributed by atoms with E-state index in [1.54, 1.807) is 72.8 Å². The van der Waals surface area contributed by atoms with Crippen molar-refractivity contribution in [3.05, 3.63) is 95.6 Å². The molecule has 0 aromatic heterocycles. The molecule has 0 heterocycles. The van der Waals surface area contributed by atoms with Gasteiger partial charge in [-0.2, -0.15) is 5.26 Å². The third-order valence-electron chi connectivity index (χ3n) is 4.29. The van der Waals surface area contributed by atoms with Crippen LogP contribution in [0.4, 0.5) is 11.4 Å². The quantitative estimate of drug-likeness (QED) is 0.573. The first-order chi connectivity index (χ1) is 15.1. The number of ether oxygens (including phenoxy) is 1. The molecule has 0 bridgehead atoms. The molecule has 0 aliphatic rings. The van der Waals surface area contributed by atoms with E-state index in [2.05, 4.69) is 10.6 Å². The highest BCUT2D eigenvalue weighted by Gasteiger charge is 2.16. The molecule has 0 unspecified atom stereocenters. The summed E-state index contributed by atoms with van der Waals surface area (Å²) < 4.78 is 5.11. The zero-order chi connectivity index (χ0) is 22.1. The first kappa shape index (κ1) is 21.3. The predicted octanol–water partition coefficient (Wildman–Crippen LogP) is 3.80. The van der Waals surface area contributed by atoms with Crippen LogP contribution in [0.3, 0.4) is 0 Å². The Morgan fingerprint density at radius 3 is 2.23 bits per heavy atom. The summed E-state index contributed by atoms with van der Waals surface area (Å²) in [5, 5.41) is 14.0. The van der Waals surface area contributed by atoms with Gasteiger partial charge in [-0.25, -0.2) is 4.79 Å². The zero-order valence-corrected chi connectivity index (χ0v) is 16.5. The SMILES string of the molecule is N#CCc1ccc(NC(=O)COC(=O)c2ccccc2NC(=O)c2ccccc2)cc1. The van der Waals surface area contributed by atoms with Gasteiger partial charge in [-0.1, -0.05) is 42.5 Å². The van der Waals surface area contributed by atoms with E-state index in [4.69, 9.17) is 10.00 Å². The summed E-state index contributed by atoms with van der Waals surface area (Å²) in [5.41, 5.74) is 2.24. The maximum absolute atomic E-state index is 12.5. The smallest absolute Gasteiger partial charge is 0.340 e. The molecule has 3 aromatic rings. The van der Waals surface area contributed by atoms with E-state index in [1.807, 2.05) is 6.07 Å². The number of nitriles is 1. The number of para-hydroxylation sites is 1. The Bertz CT molecular complexity index is 1120. The van der Waals surface area contributed by atoms with Crippen LogP contribution in [0.1, 0.15) is 26.3 Å². The van der Waals surface area contributed by atoms with Gasteiger partial charge in [0.2, 0.25) is 0 Å². The molecule has 0 atom stereocenters. The Morgan fingerprint density at radius 1 is 0.839 bits per heavy atom. The molecule has 154 valence electrons. The number of hydrogen-bond acceptors (Lipinski definition) is 5. The molecule has 2 N–H and O–H groups in total. The number of amides is 2. The third kappa shape index (κ3) is 6.02. The molecule has 0 saturated carbocycles. The van der Waals surface area contributed by atoms with Crippen LogP contribution < -0.4 is 10.6 Å². The van der Waals surface area contributed by atoms with Crippen molar-refractivity contribution in [3.63, 3.8) is 0 Å². The number of carbonyl (C=O) groups excluding carboxylic acids is 3. The summed E-state index contributed by atoms with van der Waals surface area (Å²) in [6, 6.07) is 23.9. The van der Waals surface area contributed by atoms with Crippen LogP contribution in [0.25, 0.3) is 0 Å². The van der Waals surface area contributed by atoms with Gasteiger partial charge in [-0.3, -0.25) is 9.59 Å². The molecule has 3 aromatic carbocycles. The maximum Gasteiger partial charge on any atom is 0.340 e. The molecule has 0 aliphatic carbocycles. The van der Waals surface area contributed by atoms with Crippen LogP contribution in [0.2, 0.25) is 0 Å². The largest absolute Gasteiger partial charge is 0.452 e. The van der Waals surface area contributed by atoms with Crippen LogP contribution in [-0.2, 0) is 16.0 Å². The maximum atomic E-state index is 12.5. The number of esters is 1. The molecule has 0 aliphatic heterocycles. The van der Waals surface area contributed by atoms with Crippen LogP contribution in [0.15, 0.2) is 78.9 Å². The van der Waals surface area contributed by atoms with Gasteiger partial charge < -0.3 is 15.4 Å². The third-order valence-corrected chi connectivity index (χ3v) is 4.29. The van der Waals surface area contributed by atoms with E-state index in [0.29, 0.717) is 11.3 Å². The summed E-state index contributed by atoms with van der Waals surface area (Å²) in [6.07, 6.45) is 0.284. The summed E-state index contributed by atoms with van der Waals surface area (Å²) >= 11 is 0. The number of carbonyl (C=O) groups is 3. The van der Waals surface area contributed by atoms with Gasteiger partial charge in [0.05, 0.1) is 23.7 Å². The molecular formula is C24H19N3O4. The van der Waals surface area contributed by atoms with Gasteiger partial charge in [0.1, 0.15) is 0 Å². The van der Waals surface area contributed by atoms with Crippen molar-refractivity contribution in [2.75, 3.05) is 17.2 Å². The second-order valence-electron chi connectivity index (χ2n) is 6.52. The molecule has 0 radical (unpaired) electrons. The van der Waals surface area contributed by atoms with E-state index in [-0.39, 0.29) is 23.6 Å². The lowest BCUT2D eigenvalue weighted by atomic mass is 10.1. The van der Waals surface area contributed by atoms with Gasteiger partial charge >= 0.3 is 5.97 Å². The van der Waals surface area contributed by atoms with Crippen molar-refractivity contribution in [2.24, 2.45) is 0 Å². The lowest BCUT2D eigenvalue weighted by molar-refractivity contribution is -0.119. The zero-order valence-electron chi connectivity index (χ0n) is 16.5. The molecule has 7 heteroatoms. The molecule has 2 amide bonds. The summed E-state index contributed by atoms with van der Waals surface area (Å²) in [5.74, 6) is -1.60. The molecule has 7 nitrogen and oxygen atoms in total. The van der Waals surface area contributed by atoms with Gasteiger partial charge in [-0.05, 0) is 42.0 Å². The predicted molar refractivity (Wildman–Crippen MR) is 116 cm³/mol. The molecule has 0 spiro atoms. The highest BCUT2D eigenvalue weighted by Crippen LogP contribution is 2.18. The van der Waals surface area contributed by atoms with Crippen molar-refractivity contribution in [2.45, 2.75) is 6.42 Å². The number of nitrogens with zero attached hydrogens (tertiary/aromatic N) is 1. The number of benzene rings is 3. The summed E-state index contributed by atoms with van der Waals surface area (Å²) in [7, 11) is 0. The van der Waals surface area contributed by atoms with Crippen molar-refractivity contribution < 1.29 is 19.1 Å². The minimum atomic E-state index is -0.733. The van der Waals surface area contributed by atoms with Gasteiger partial charge in [0.15, 0.2) is 6.61 Å². The highest BCUT2D eigenvalue weighted by atomic mass is 16.5. The van der Waals surface area contributed by atoms with E-state index in [0.717, 1.165) is 5.56 Å². The van der Waals surface area contributed by atoms with Crippen LogP contribution in [0, 0.1) is 11.3 Å². The molecule has 0 saturated heterocycles. The second-order valence-corrected chi connectivity index (χ2v) is 6.52. The fourth-order valence-corrected chi connectivity index (χ4v) is 2.76. The first-order valence-corrected chi connectivity index (χ1v) is 9.45. The van der Waals surface area contributed by atoms with Crippen LogP contribution >= 0.6 is 0 Å². The highest BCUT2D eigenvalue weighted by molar-refractivity contribution is 6.08. The Balaban J connectivity index is 1.58. The first-order valence-electron chi connectivity index (χ1n) is 9.45. The Morgan fingerprint density at radius 2 is 1.52 bits per heavy atom. The molecular weight excluding hydrogens is 394 g/mol. The van der Waals surface area contributed by atoms with Gasteiger partial charge in [0, 0.05) is 11.3 Å². The number of rotatable bonds is 7. The fraction of sp³-hybridized carbons (Fsp3) is 0.0833. The lowest BCUT2D eigenvalue weighted by Crippen LogP contribution is -2.22. The van der Waals surface area contributed by atoms with E-state index in [9.17, 15) is 14.4 Å². The summed E-state index contributed by atoms with van der Waals surface area (Å²) in [6.45, 7) is -0.486. The molecule has 31 heavy (non-hydrogen) atoms. The van der Waals surface area contributed by atoms with Crippen molar-refractivity contribution in [1.29, 1.82) is 5.26 Å². The van der Waals surface area contributed by atoms with E-state index < -0.39 is 18.5 Å². The minimum Gasteiger partial charge on any atom is -0.452 e. The Labute approximate surface area is 179 Å². The summed E-state index contributed by atoms with van der Waals surface area (Å²) in [4.78, 5) is 36.9. The number of nitrogens with one attached hydrogen (secondary N) is 2. The number of anilines is 2. The normalized spacial score (nSPS) is 9.90. The standard InChI is InChI=1S/C24H19N3O4/c25-15-14-17-10-12-19(13-11-17)26-22(28)16-31-24(30)20-8-4-5-9-21(20)27-23(29)18-6-2-1-3-7-18/h1-13H,14,16H2,(H,26,28)(H,27,29). The lowest BCUT2D eigenvalue weighted by Gasteiger charge is -2.11. The van der Waals surface area contributed by atoms with Crippen molar-refractivity contribution in [3.8, 4) is 6.07 Å². The van der Waals surface area contributed by atoms with Crippen molar-refractivity contribution >= 4 is 29.2 Å². The van der Waals surface area contributed by atoms with E-state index >= 15 is 0 Å². The Hall–Kier alpha value is -4.44. The minimum absolute atomic E-state index is 0.139. The number of hydrogen-bond donors (Lipinski definition) is 2. The second kappa shape index (κ2) is 10.4. The molecule has 0 fully saturated rings. The van der Waals surface area contributed by atoms with Crippen LogP contribution in [0.5, 0.6) is 0 Å². The molecule has 3 rings (SSSR count). The van der Waals surface area contributed by atoms with Gasteiger partial charge in [-0.15, -0.1) is 0 Å². The Kier molecular flexibility index (Phi) is 7.12. The average Bonchev–Trinajstić information content (AvgIpc) is 2.80. The van der Waals surface area contributed by atoms with Gasteiger partial charge in [0.25, 0.3) is 11.8 Å². The van der Waals surface area contributed by atoms with E-state index in [1.165, 1.54) is 6.07 Å². The topological polar surface area (TPSA) is 108 Å².